The molecule has 23 heavy (non-hydrogen) atoms. The number of nitrogens with one attached hydrogen (secondary N) is 1. The topological polar surface area (TPSA) is 71.7 Å². The van der Waals surface area contributed by atoms with Gasteiger partial charge in [-0.2, -0.15) is 0 Å². The van der Waals surface area contributed by atoms with Crippen LogP contribution in [0.15, 0.2) is 46.9 Å². The molecular formula is C18H17NO4. The minimum Gasteiger partial charge on any atom is -0.506 e. The van der Waals surface area contributed by atoms with Crippen LogP contribution < -0.4 is 10.1 Å². The molecule has 0 saturated heterocycles. The molecule has 3 rings (SSSR count). The predicted molar refractivity (Wildman–Crippen MR) is 88.2 cm³/mol. The van der Waals surface area contributed by atoms with Gasteiger partial charge in [-0.1, -0.05) is 12.1 Å². The summed E-state index contributed by atoms with van der Waals surface area (Å²) in [5.41, 5.74) is 1.69. The Morgan fingerprint density at radius 3 is 2.78 bits per heavy atom. The SMILES string of the molecule is CCOc1ccc2oc(C(=O)Nc3ccccc3O)c(C)c2c1. The van der Waals surface area contributed by atoms with Gasteiger partial charge in [0.05, 0.1) is 12.3 Å². The number of hydrogen-bond donors (Lipinski definition) is 2. The Labute approximate surface area is 133 Å². The monoisotopic (exact) mass is 311 g/mol. The number of hydrogen-bond acceptors (Lipinski definition) is 4. The maximum Gasteiger partial charge on any atom is 0.291 e. The highest BCUT2D eigenvalue weighted by molar-refractivity contribution is 6.07. The summed E-state index contributed by atoms with van der Waals surface area (Å²) in [6.07, 6.45) is 0. The van der Waals surface area contributed by atoms with Crippen molar-refractivity contribution < 1.29 is 19.1 Å². The predicted octanol–water partition coefficient (Wildman–Crippen LogP) is 4.10. The molecule has 0 unspecified atom stereocenters. The van der Waals surface area contributed by atoms with Gasteiger partial charge in [-0.15, -0.1) is 0 Å². The van der Waals surface area contributed by atoms with Crippen LogP contribution in [0.1, 0.15) is 23.0 Å². The molecule has 0 radical (unpaired) electrons. The Kier molecular flexibility index (Phi) is 3.93. The lowest BCUT2D eigenvalue weighted by Crippen LogP contribution is -2.12. The molecule has 0 bridgehead atoms. The van der Waals surface area contributed by atoms with Crippen molar-refractivity contribution in [1.82, 2.24) is 0 Å². The maximum absolute atomic E-state index is 12.4. The molecule has 0 aliphatic carbocycles. The molecule has 3 aromatic rings. The van der Waals surface area contributed by atoms with E-state index in [1.54, 1.807) is 30.3 Å². The second-order valence-electron chi connectivity index (χ2n) is 5.12. The summed E-state index contributed by atoms with van der Waals surface area (Å²) in [5, 5.41) is 13.2. The average Bonchev–Trinajstić information content (AvgIpc) is 2.87. The van der Waals surface area contributed by atoms with Crippen molar-refractivity contribution in [2.45, 2.75) is 13.8 Å². The molecule has 2 aromatic carbocycles. The van der Waals surface area contributed by atoms with E-state index in [1.807, 2.05) is 19.9 Å². The van der Waals surface area contributed by atoms with Gasteiger partial charge in [-0.3, -0.25) is 4.79 Å². The highest BCUT2D eigenvalue weighted by atomic mass is 16.5. The minimum absolute atomic E-state index is 0.00764. The van der Waals surface area contributed by atoms with Gasteiger partial charge in [0.15, 0.2) is 5.76 Å². The van der Waals surface area contributed by atoms with Crippen molar-refractivity contribution in [2.75, 3.05) is 11.9 Å². The molecule has 5 heteroatoms. The Hall–Kier alpha value is -2.95. The van der Waals surface area contributed by atoms with Crippen LogP contribution in [-0.2, 0) is 0 Å². The number of rotatable bonds is 4. The Bertz CT molecular complexity index is 867. The number of phenolic OH excluding ortho intramolecular Hbond substituents is 1. The molecule has 1 amide bonds. The number of fused-ring (bicyclic) bond motifs is 1. The average molecular weight is 311 g/mol. The summed E-state index contributed by atoms with van der Waals surface area (Å²) in [6.45, 7) is 4.31. The zero-order valence-corrected chi connectivity index (χ0v) is 12.9. The Balaban J connectivity index is 1.94. The van der Waals surface area contributed by atoms with E-state index in [2.05, 4.69) is 5.32 Å². The number of aromatic hydroxyl groups is 1. The van der Waals surface area contributed by atoms with E-state index in [1.165, 1.54) is 6.07 Å². The van der Waals surface area contributed by atoms with Crippen LogP contribution in [-0.4, -0.2) is 17.6 Å². The lowest BCUT2D eigenvalue weighted by Gasteiger charge is -2.05. The zero-order valence-electron chi connectivity index (χ0n) is 12.9. The Morgan fingerprint density at radius 1 is 1.26 bits per heavy atom. The van der Waals surface area contributed by atoms with Gasteiger partial charge >= 0.3 is 0 Å². The molecule has 1 heterocycles. The fourth-order valence-electron chi connectivity index (χ4n) is 2.43. The van der Waals surface area contributed by atoms with Crippen molar-refractivity contribution in [3.8, 4) is 11.5 Å². The van der Waals surface area contributed by atoms with Gasteiger partial charge in [0, 0.05) is 10.9 Å². The molecule has 0 spiro atoms. The lowest BCUT2D eigenvalue weighted by atomic mass is 10.1. The van der Waals surface area contributed by atoms with Gasteiger partial charge < -0.3 is 19.6 Å². The van der Waals surface area contributed by atoms with Gasteiger partial charge in [-0.05, 0) is 44.2 Å². The first-order chi connectivity index (χ1) is 11.1. The molecule has 0 aliphatic rings. The largest absolute Gasteiger partial charge is 0.506 e. The van der Waals surface area contributed by atoms with E-state index in [0.717, 1.165) is 16.7 Å². The number of furan rings is 1. The first-order valence-corrected chi connectivity index (χ1v) is 7.35. The summed E-state index contributed by atoms with van der Waals surface area (Å²) < 4.78 is 11.1. The second kappa shape index (κ2) is 6.04. The smallest absolute Gasteiger partial charge is 0.291 e. The third kappa shape index (κ3) is 2.85. The molecule has 118 valence electrons. The van der Waals surface area contributed by atoms with Gasteiger partial charge in [0.25, 0.3) is 5.91 Å². The summed E-state index contributed by atoms with van der Waals surface area (Å²) in [7, 11) is 0. The van der Waals surface area contributed by atoms with E-state index in [-0.39, 0.29) is 11.5 Å². The number of para-hydroxylation sites is 2. The van der Waals surface area contributed by atoms with Crippen LogP contribution in [0, 0.1) is 6.92 Å². The van der Waals surface area contributed by atoms with Crippen molar-refractivity contribution >= 4 is 22.6 Å². The summed E-state index contributed by atoms with van der Waals surface area (Å²) in [4.78, 5) is 12.4. The number of aryl methyl sites for hydroxylation is 1. The number of phenols is 1. The van der Waals surface area contributed by atoms with Crippen LogP contribution in [0.5, 0.6) is 11.5 Å². The van der Waals surface area contributed by atoms with Crippen LogP contribution in [0.2, 0.25) is 0 Å². The van der Waals surface area contributed by atoms with Crippen LogP contribution in [0.25, 0.3) is 11.0 Å². The summed E-state index contributed by atoms with van der Waals surface area (Å²) in [6, 6.07) is 12.0. The standard InChI is InChI=1S/C18H17NO4/c1-3-22-12-8-9-16-13(10-12)11(2)17(23-16)18(21)19-14-6-4-5-7-15(14)20/h4-10,20H,3H2,1-2H3,(H,19,21). The van der Waals surface area contributed by atoms with Crippen molar-refractivity contribution in [3.05, 3.63) is 53.8 Å². The first-order valence-electron chi connectivity index (χ1n) is 7.35. The number of carbonyl (C=O) groups excluding carboxylic acids is 1. The minimum atomic E-state index is -0.404. The second-order valence-corrected chi connectivity index (χ2v) is 5.12. The third-order valence-electron chi connectivity index (χ3n) is 3.58. The molecule has 1 aromatic heterocycles. The maximum atomic E-state index is 12.4. The third-order valence-corrected chi connectivity index (χ3v) is 3.58. The van der Waals surface area contributed by atoms with Gasteiger partial charge in [0.1, 0.15) is 17.1 Å². The van der Waals surface area contributed by atoms with E-state index in [9.17, 15) is 9.90 Å². The molecule has 0 fully saturated rings. The normalized spacial score (nSPS) is 10.7. The zero-order chi connectivity index (χ0) is 16.4. The van der Waals surface area contributed by atoms with Crippen molar-refractivity contribution in [2.24, 2.45) is 0 Å². The van der Waals surface area contributed by atoms with E-state index in [4.69, 9.17) is 9.15 Å². The van der Waals surface area contributed by atoms with Crippen LogP contribution in [0.3, 0.4) is 0 Å². The molecule has 0 aliphatic heterocycles. The first kappa shape index (κ1) is 15.0. The highest BCUT2D eigenvalue weighted by Crippen LogP contribution is 2.30. The quantitative estimate of drug-likeness (QED) is 0.712. The molecule has 0 saturated carbocycles. The molecule has 2 N–H and O–H groups in total. The van der Waals surface area contributed by atoms with Crippen molar-refractivity contribution in [1.29, 1.82) is 0 Å². The number of benzene rings is 2. The molecule has 0 atom stereocenters. The van der Waals surface area contributed by atoms with E-state index >= 15 is 0 Å². The van der Waals surface area contributed by atoms with E-state index in [0.29, 0.717) is 17.9 Å². The van der Waals surface area contributed by atoms with E-state index < -0.39 is 5.91 Å². The molecule has 5 nitrogen and oxygen atoms in total. The Morgan fingerprint density at radius 2 is 2.04 bits per heavy atom. The number of anilines is 1. The van der Waals surface area contributed by atoms with Crippen LogP contribution >= 0.6 is 0 Å². The summed E-state index contributed by atoms with van der Waals surface area (Å²) >= 11 is 0. The highest BCUT2D eigenvalue weighted by Gasteiger charge is 2.19. The van der Waals surface area contributed by atoms with Crippen molar-refractivity contribution in [3.63, 3.8) is 0 Å². The fraction of sp³-hybridized carbons (Fsp3) is 0.167. The summed E-state index contributed by atoms with van der Waals surface area (Å²) in [5.74, 6) is 0.555. The van der Waals surface area contributed by atoms with Crippen LogP contribution in [0.4, 0.5) is 5.69 Å². The van der Waals surface area contributed by atoms with Gasteiger partial charge in [-0.25, -0.2) is 0 Å². The van der Waals surface area contributed by atoms with Gasteiger partial charge in [0.2, 0.25) is 0 Å². The number of amides is 1. The lowest BCUT2D eigenvalue weighted by molar-refractivity contribution is 0.0997. The number of ether oxygens (including phenoxy) is 1. The molecular weight excluding hydrogens is 294 g/mol. The fourth-order valence-corrected chi connectivity index (χ4v) is 2.43. The number of carbonyl (C=O) groups is 1.